The predicted octanol–water partition coefficient (Wildman–Crippen LogP) is 7.19. The molecule has 2 heterocycles. The quantitative estimate of drug-likeness (QED) is 0.154. The number of allylic oxidation sites excluding steroid dienone is 3. The van der Waals surface area contributed by atoms with Crippen LogP contribution in [0.2, 0.25) is 0 Å². The number of aliphatic imine (C=N–C) groups is 1. The number of hydrogen-bond donors (Lipinski definition) is 2. The minimum Gasteiger partial charge on any atom is -0.469 e. The van der Waals surface area contributed by atoms with Gasteiger partial charge in [-0.3, -0.25) is 19.5 Å². The second-order valence-corrected chi connectivity index (χ2v) is 12.2. The summed E-state index contributed by atoms with van der Waals surface area (Å²) in [6, 6.07) is 19.6. The number of aliphatic hydroxyl groups is 1. The number of pyridine rings is 1. The molecule has 0 saturated heterocycles. The number of ether oxygens (including phenoxy) is 1. The fourth-order valence-corrected chi connectivity index (χ4v) is 6.33. The van der Waals surface area contributed by atoms with Gasteiger partial charge in [-0.05, 0) is 73.4 Å². The summed E-state index contributed by atoms with van der Waals surface area (Å²) in [5.41, 5.74) is 15.6. The third-order valence-corrected chi connectivity index (χ3v) is 8.69. The SMILES string of the molecule is COC(=O)C1CCC(c2ccc(N=C(C)/C(=C(\N)c3cccc4nn(CC(O)c5ccccc5)cc34)C(C)C)c(C)n2)=C[C@H]1C. The van der Waals surface area contributed by atoms with Crippen molar-refractivity contribution < 1.29 is 14.6 Å². The number of nitrogens with two attached hydrogens (primary N) is 1. The number of fused-ring (bicyclic) bond motifs is 1. The molecule has 2 aromatic carbocycles. The zero-order chi connectivity index (χ0) is 32.2. The third kappa shape index (κ3) is 6.91. The van der Waals surface area contributed by atoms with Gasteiger partial charge in [0.05, 0.1) is 48.3 Å². The zero-order valence-electron chi connectivity index (χ0n) is 27.0. The molecular formula is C37H43N5O3. The van der Waals surface area contributed by atoms with Gasteiger partial charge in [-0.1, -0.05) is 69.3 Å². The van der Waals surface area contributed by atoms with Gasteiger partial charge in [0.25, 0.3) is 0 Å². The second-order valence-electron chi connectivity index (χ2n) is 12.2. The number of methoxy groups -OCH3 is 1. The van der Waals surface area contributed by atoms with Gasteiger partial charge < -0.3 is 15.6 Å². The summed E-state index contributed by atoms with van der Waals surface area (Å²) >= 11 is 0. The fraction of sp³-hybridized carbons (Fsp3) is 0.351. The van der Waals surface area contributed by atoms with E-state index in [0.29, 0.717) is 12.2 Å². The van der Waals surface area contributed by atoms with Crippen LogP contribution in [-0.4, -0.2) is 38.7 Å². The van der Waals surface area contributed by atoms with Gasteiger partial charge in [0.1, 0.15) is 0 Å². The Labute approximate surface area is 265 Å². The predicted molar refractivity (Wildman–Crippen MR) is 181 cm³/mol. The van der Waals surface area contributed by atoms with E-state index in [2.05, 4.69) is 26.8 Å². The monoisotopic (exact) mass is 605 g/mol. The van der Waals surface area contributed by atoms with Gasteiger partial charge in [0, 0.05) is 28.6 Å². The Morgan fingerprint density at radius 3 is 2.56 bits per heavy atom. The van der Waals surface area contributed by atoms with Crippen molar-refractivity contribution in [3.05, 3.63) is 101 Å². The van der Waals surface area contributed by atoms with Crippen LogP contribution in [0.4, 0.5) is 5.69 Å². The molecule has 0 fully saturated rings. The van der Waals surface area contributed by atoms with Crippen LogP contribution in [0.5, 0.6) is 0 Å². The number of rotatable bonds is 9. The number of benzene rings is 2. The molecular weight excluding hydrogens is 562 g/mol. The zero-order valence-corrected chi connectivity index (χ0v) is 27.0. The molecule has 8 heteroatoms. The van der Waals surface area contributed by atoms with E-state index < -0.39 is 6.10 Å². The van der Waals surface area contributed by atoms with Crippen molar-refractivity contribution in [1.29, 1.82) is 0 Å². The molecule has 0 amide bonds. The van der Waals surface area contributed by atoms with Crippen molar-refractivity contribution in [3.63, 3.8) is 0 Å². The minimum absolute atomic E-state index is 0.0930. The highest BCUT2D eigenvalue weighted by atomic mass is 16.5. The minimum atomic E-state index is -0.671. The normalized spacial score (nSPS) is 18.5. The number of nitrogens with zero attached hydrogens (tertiary/aromatic N) is 4. The summed E-state index contributed by atoms with van der Waals surface area (Å²) in [5.74, 6) is -0.0555. The lowest BCUT2D eigenvalue weighted by atomic mass is 9.81. The van der Waals surface area contributed by atoms with Crippen LogP contribution in [0.25, 0.3) is 22.2 Å². The van der Waals surface area contributed by atoms with E-state index in [1.165, 1.54) is 7.11 Å². The van der Waals surface area contributed by atoms with Crippen molar-refractivity contribution in [2.75, 3.05) is 7.11 Å². The van der Waals surface area contributed by atoms with E-state index in [4.69, 9.17) is 25.5 Å². The molecule has 0 spiro atoms. The van der Waals surface area contributed by atoms with Gasteiger partial charge in [-0.15, -0.1) is 0 Å². The van der Waals surface area contributed by atoms with Crippen molar-refractivity contribution >= 4 is 39.5 Å². The molecule has 234 valence electrons. The van der Waals surface area contributed by atoms with E-state index in [0.717, 1.165) is 68.8 Å². The van der Waals surface area contributed by atoms with Crippen molar-refractivity contribution in [1.82, 2.24) is 14.8 Å². The van der Waals surface area contributed by atoms with Crippen LogP contribution in [0.1, 0.15) is 69.2 Å². The Hall–Kier alpha value is -4.56. The first-order valence-corrected chi connectivity index (χ1v) is 15.6. The molecule has 0 radical (unpaired) electrons. The molecule has 3 atom stereocenters. The summed E-state index contributed by atoms with van der Waals surface area (Å²) in [5, 5.41) is 16.4. The van der Waals surface area contributed by atoms with E-state index in [-0.39, 0.29) is 23.7 Å². The Kier molecular flexibility index (Phi) is 9.63. The van der Waals surface area contributed by atoms with Crippen molar-refractivity contribution in [2.45, 2.75) is 60.1 Å². The van der Waals surface area contributed by atoms with Crippen molar-refractivity contribution in [2.24, 2.45) is 28.5 Å². The smallest absolute Gasteiger partial charge is 0.309 e. The summed E-state index contributed by atoms with van der Waals surface area (Å²) in [6.07, 6.45) is 4.96. The van der Waals surface area contributed by atoms with Gasteiger partial charge in [-0.2, -0.15) is 5.10 Å². The lowest BCUT2D eigenvalue weighted by Gasteiger charge is -2.25. The molecule has 2 aromatic heterocycles. The average molecular weight is 606 g/mol. The molecule has 1 aliphatic carbocycles. The molecule has 2 unspecified atom stereocenters. The third-order valence-electron chi connectivity index (χ3n) is 8.69. The summed E-state index contributed by atoms with van der Waals surface area (Å²) in [4.78, 5) is 22.0. The van der Waals surface area contributed by atoms with Crippen LogP contribution in [-0.2, 0) is 16.1 Å². The largest absolute Gasteiger partial charge is 0.469 e. The van der Waals surface area contributed by atoms with Crippen LogP contribution < -0.4 is 5.73 Å². The molecule has 1 aliphatic rings. The number of carbonyl (C=O) groups excluding carboxylic acids is 1. The topological polar surface area (TPSA) is 116 Å². The Morgan fingerprint density at radius 2 is 1.89 bits per heavy atom. The number of hydrogen-bond acceptors (Lipinski definition) is 7. The van der Waals surface area contributed by atoms with E-state index in [9.17, 15) is 9.90 Å². The maximum atomic E-state index is 12.1. The van der Waals surface area contributed by atoms with Gasteiger partial charge >= 0.3 is 5.97 Å². The first-order chi connectivity index (χ1) is 21.6. The summed E-state index contributed by atoms with van der Waals surface area (Å²) in [6.45, 7) is 10.6. The van der Waals surface area contributed by atoms with Crippen LogP contribution in [0.3, 0.4) is 0 Å². The fourth-order valence-electron chi connectivity index (χ4n) is 6.33. The van der Waals surface area contributed by atoms with E-state index >= 15 is 0 Å². The van der Waals surface area contributed by atoms with Crippen LogP contribution in [0, 0.1) is 24.7 Å². The average Bonchev–Trinajstić information content (AvgIpc) is 3.44. The molecule has 4 aromatic rings. The second kappa shape index (κ2) is 13.6. The number of esters is 1. The van der Waals surface area contributed by atoms with E-state index in [1.54, 1.807) is 4.68 Å². The summed E-state index contributed by atoms with van der Waals surface area (Å²) in [7, 11) is 1.45. The molecule has 45 heavy (non-hydrogen) atoms. The molecule has 0 saturated carbocycles. The van der Waals surface area contributed by atoms with Gasteiger partial charge in [0.15, 0.2) is 0 Å². The van der Waals surface area contributed by atoms with E-state index in [1.807, 2.05) is 80.7 Å². The lowest BCUT2D eigenvalue weighted by Crippen LogP contribution is -2.25. The molecule has 8 nitrogen and oxygen atoms in total. The highest BCUT2D eigenvalue weighted by molar-refractivity contribution is 6.08. The first kappa shape index (κ1) is 31.9. The number of aliphatic hydroxyl groups excluding tert-OH is 1. The molecule has 5 rings (SSSR count). The van der Waals surface area contributed by atoms with Crippen LogP contribution >= 0.6 is 0 Å². The summed E-state index contributed by atoms with van der Waals surface area (Å²) < 4.78 is 6.76. The Bertz CT molecular complexity index is 1780. The Morgan fingerprint density at radius 1 is 1.13 bits per heavy atom. The lowest BCUT2D eigenvalue weighted by molar-refractivity contribution is -0.146. The molecule has 3 N–H and O–H groups in total. The van der Waals surface area contributed by atoms with Gasteiger partial charge in [0.2, 0.25) is 0 Å². The molecule has 0 bridgehead atoms. The maximum Gasteiger partial charge on any atom is 0.309 e. The number of aromatic nitrogens is 3. The Balaban J connectivity index is 1.43. The van der Waals surface area contributed by atoms with Gasteiger partial charge in [-0.25, -0.2) is 0 Å². The first-order valence-electron chi connectivity index (χ1n) is 15.6. The standard InChI is InChI=1S/C37H43N5O3/c1-22(2)35(25(5)40-31-17-18-32(39-24(31)4)27-15-16-28(23(3)19-27)37(44)45-6)36(38)29-13-10-14-33-30(29)20-42(41-33)21-34(43)26-11-8-7-9-12-26/h7-14,17-20,22-23,28,34,43H,15-16,21,38H2,1-6H3/b36-35-,40-25?/t23-,28?,34?/m1/s1. The maximum absolute atomic E-state index is 12.1. The molecule has 0 aliphatic heterocycles. The highest BCUT2D eigenvalue weighted by Gasteiger charge is 2.29. The van der Waals surface area contributed by atoms with Crippen molar-refractivity contribution in [3.8, 4) is 0 Å². The van der Waals surface area contributed by atoms with Crippen LogP contribution in [0.15, 0.2) is 83.5 Å². The number of carbonyl (C=O) groups is 1. The number of aryl methyl sites for hydroxylation is 1. The highest BCUT2D eigenvalue weighted by Crippen LogP contribution is 2.35.